The highest BCUT2D eigenvalue weighted by Crippen LogP contribution is 2.26. The average molecular weight is 382 g/mol. The summed E-state index contributed by atoms with van der Waals surface area (Å²) in [7, 11) is -2.20. The van der Waals surface area contributed by atoms with E-state index in [0.29, 0.717) is 5.69 Å². The summed E-state index contributed by atoms with van der Waals surface area (Å²) in [5.41, 5.74) is 2.82. The van der Waals surface area contributed by atoms with Crippen LogP contribution in [0.5, 0.6) is 0 Å². The topological polar surface area (TPSA) is 76.9 Å². The van der Waals surface area contributed by atoms with Crippen molar-refractivity contribution in [1.82, 2.24) is 14.8 Å². The van der Waals surface area contributed by atoms with E-state index in [1.807, 2.05) is 19.3 Å². The van der Waals surface area contributed by atoms with Crippen molar-refractivity contribution in [2.45, 2.75) is 4.90 Å². The van der Waals surface area contributed by atoms with Crippen LogP contribution in [0.1, 0.15) is 0 Å². The minimum absolute atomic E-state index is 0.330. The van der Waals surface area contributed by atoms with Gasteiger partial charge in [-0.1, -0.05) is 12.1 Å². The lowest BCUT2D eigenvalue weighted by Crippen LogP contribution is -2.14. The summed E-state index contributed by atoms with van der Waals surface area (Å²) in [5, 5.41) is 4.90. The molecule has 0 aliphatic carbocycles. The number of hydrogen-bond acceptors (Lipinski definition) is 4. The van der Waals surface area contributed by atoms with E-state index < -0.39 is 20.7 Å². The van der Waals surface area contributed by atoms with Crippen LogP contribution in [0.25, 0.3) is 22.0 Å². The fourth-order valence-electron chi connectivity index (χ4n) is 2.80. The predicted octanol–water partition coefficient (Wildman–Crippen LogP) is 3.58. The summed E-state index contributed by atoms with van der Waals surface area (Å²) in [4.78, 5) is 4.01. The van der Waals surface area contributed by atoms with Gasteiger partial charge in [-0.05, 0) is 36.4 Å². The van der Waals surface area contributed by atoms with Crippen molar-refractivity contribution in [2.24, 2.45) is 7.05 Å². The molecule has 8 heteroatoms. The number of halogens is 1. The molecule has 0 spiro atoms. The number of hydrogen-bond donors (Lipinski definition) is 1. The third-order valence-corrected chi connectivity index (χ3v) is 5.51. The Morgan fingerprint density at radius 3 is 2.59 bits per heavy atom. The van der Waals surface area contributed by atoms with E-state index in [1.54, 1.807) is 35.3 Å². The highest BCUT2D eigenvalue weighted by atomic mass is 32.2. The molecule has 0 aliphatic heterocycles. The maximum atomic E-state index is 13.8. The standard InChI is InChI=1S/C19H15FN4O2S/c1-24-12-15(11-22-24)14-8-13-9-16(6-7-18(13)21-10-14)23-27(25,26)19-5-3-2-4-17(19)20/h2-12,23H,1H3. The van der Waals surface area contributed by atoms with Crippen LogP contribution in [-0.2, 0) is 17.1 Å². The largest absolute Gasteiger partial charge is 0.280 e. The third-order valence-electron chi connectivity index (χ3n) is 4.10. The molecule has 1 N–H and O–H groups in total. The number of pyridine rings is 1. The van der Waals surface area contributed by atoms with Crippen LogP contribution < -0.4 is 4.72 Å². The summed E-state index contributed by atoms with van der Waals surface area (Å²) in [6, 6.07) is 12.1. The molecule has 0 amide bonds. The lowest BCUT2D eigenvalue weighted by atomic mass is 10.1. The number of fused-ring (bicyclic) bond motifs is 1. The number of aryl methyl sites for hydroxylation is 1. The normalized spacial score (nSPS) is 11.6. The van der Waals surface area contributed by atoms with Crippen LogP contribution in [0.4, 0.5) is 10.1 Å². The summed E-state index contributed by atoms with van der Waals surface area (Å²) < 4.78 is 42.9. The number of sulfonamides is 1. The van der Waals surface area contributed by atoms with E-state index >= 15 is 0 Å². The van der Waals surface area contributed by atoms with Crippen LogP contribution >= 0.6 is 0 Å². The molecule has 4 rings (SSSR count). The lowest BCUT2D eigenvalue weighted by Gasteiger charge is -2.10. The van der Waals surface area contributed by atoms with Crippen molar-refractivity contribution < 1.29 is 12.8 Å². The van der Waals surface area contributed by atoms with Gasteiger partial charge >= 0.3 is 0 Å². The Morgan fingerprint density at radius 2 is 1.85 bits per heavy atom. The number of aromatic nitrogens is 3. The summed E-state index contributed by atoms with van der Waals surface area (Å²) in [6.45, 7) is 0. The quantitative estimate of drug-likeness (QED) is 0.585. The molecule has 0 fully saturated rings. The molecule has 136 valence electrons. The summed E-state index contributed by atoms with van der Waals surface area (Å²) >= 11 is 0. The predicted molar refractivity (Wildman–Crippen MR) is 101 cm³/mol. The highest BCUT2D eigenvalue weighted by Gasteiger charge is 2.18. The molecule has 27 heavy (non-hydrogen) atoms. The van der Waals surface area contributed by atoms with Gasteiger partial charge in [0, 0.05) is 41.6 Å². The number of benzene rings is 2. The van der Waals surface area contributed by atoms with Gasteiger partial charge in [0.2, 0.25) is 0 Å². The average Bonchev–Trinajstić information content (AvgIpc) is 3.07. The third kappa shape index (κ3) is 3.39. The van der Waals surface area contributed by atoms with E-state index in [9.17, 15) is 12.8 Å². The van der Waals surface area contributed by atoms with E-state index in [0.717, 1.165) is 28.1 Å². The van der Waals surface area contributed by atoms with Gasteiger partial charge in [-0.3, -0.25) is 14.4 Å². The first-order valence-electron chi connectivity index (χ1n) is 8.08. The first kappa shape index (κ1) is 17.2. The minimum Gasteiger partial charge on any atom is -0.280 e. The van der Waals surface area contributed by atoms with Crippen LogP contribution in [-0.4, -0.2) is 23.2 Å². The zero-order valence-corrected chi connectivity index (χ0v) is 15.1. The van der Waals surface area contributed by atoms with E-state index in [1.165, 1.54) is 18.2 Å². The van der Waals surface area contributed by atoms with E-state index in [4.69, 9.17) is 0 Å². The van der Waals surface area contributed by atoms with Gasteiger partial charge in [0.25, 0.3) is 10.0 Å². The summed E-state index contributed by atoms with van der Waals surface area (Å²) in [5.74, 6) is -0.800. The molecule has 0 bridgehead atoms. The molecule has 6 nitrogen and oxygen atoms in total. The Morgan fingerprint density at radius 1 is 1.04 bits per heavy atom. The number of nitrogens with zero attached hydrogens (tertiary/aromatic N) is 3. The molecule has 2 aromatic carbocycles. The molecule has 2 aromatic heterocycles. The maximum Gasteiger partial charge on any atom is 0.264 e. The zero-order chi connectivity index (χ0) is 19.0. The van der Waals surface area contributed by atoms with Gasteiger partial charge in [0.1, 0.15) is 10.7 Å². The highest BCUT2D eigenvalue weighted by molar-refractivity contribution is 7.92. The molecular formula is C19H15FN4O2S. The molecule has 0 aliphatic rings. The molecular weight excluding hydrogens is 367 g/mol. The van der Waals surface area contributed by atoms with Crippen molar-refractivity contribution in [3.63, 3.8) is 0 Å². The monoisotopic (exact) mass is 382 g/mol. The number of rotatable bonds is 4. The smallest absolute Gasteiger partial charge is 0.264 e. The van der Waals surface area contributed by atoms with Gasteiger partial charge in [-0.2, -0.15) is 5.10 Å². The Bertz CT molecular complexity index is 1250. The van der Waals surface area contributed by atoms with Crippen LogP contribution in [0, 0.1) is 5.82 Å². The Labute approximate surface area is 155 Å². The Hall–Kier alpha value is -3.26. The van der Waals surface area contributed by atoms with Gasteiger partial charge in [-0.15, -0.1) is 0 Å². The number of anilines is 1. The summed E-state index contributed by atoms with van der Waals surface area (Å²) in [6.07, 6.45) is 5.34. The molecule has 0 unspecified atom stereocenters. The van der Waals surface area contributed by atoms with Crippen molar-refractivity contribution in [1.29, 1.82) is 0 Å². The second kappa shape index (κ2) is 6.48. The Balaban J connectivity index is 1.71. The fourth-order valence-corrected chi connectivity index (χ4v) is 3.93. The second-order valence-corrected chi connectivity index (χ2v) is 7.72. The van der Waals surface area contributed by atoms with Crippen molar-refractivity contribution in [2.75, 3.05) is 4.72 Å². The molecule has 0 saturated heterocycles. The van der Waals surface area contributed by atoms with Gasteiger partial charge in [-0.25, -0.2) is 12.8 Å². The van der Waals surface area contributed by atoms with Crippen LogP contribution in [0.3, 0.4) is 0 Å². The molecule has 2 heterocycles. The molecule has 4 aromatic rings. The zero-order valence-electron chi connectivity index (χ0n) is 14.3. The first-order valence-corrected chi connectivity index (χ1v) is 9.57. The number of nitrogens with one attached hydrogen (secondary N) is 1. The molecule has 0 atom stereocenters. The van der Waals surface area contributed by atoms with Gasteiger partial charge in [0.05, 0.1) is 11.7 Å². The van der Waals surface area contributed by atoms with Crippen LogP contribution in [0.2, 0.25) is 0 Å². The molecule has 0 radical (unpaired) electrons. The molecule has 0 saturated carbocycles. The lowest BCUT2D eigenvalue weighted by molar-refractivity contribution is 0.570. The SMILES string of the molecule is Cn1cc(-c2cnc3ccc(NS(=O)(=O)c4ccccc4F)cc3c2)cn1. The minimum atomic E-state index is -4.03. The maximum absolute atomic E-state index is 13.8. The van der Waals surface area contributed by atoms with Crippen molar-refractivity contribution in [3.05, 3.63) is 72.9 Å². The van der Waals surface area contributed by atoms with Crippen LogP contribution in [0.15, 0.2) is 72.0 Å². The first-order chi connectivity index (χ1) is 12.9. The van der Waals surface area contributed by atoms with E-state index in [-0.39, 0.29) is 0 Å². The van der Waals surface area contributed by atoms with Crippen molar-refractivity contribution >= 4 is 26.6 Å². The van der Waals surface area contributed by atoms with Gasteiger partial charge in [0.15, 0.2) is 0 Å². The second-order valence-electron chi connectivity index (χ2n) is 6.07. The van der Waals surface area contributed by atoms with Gasteiger partial charge < -0.3 is 0 Å². The van der Waals surface area contributed by atoms with E-state index in [2.05, 4.69) is 14.8 Å². The van der Waals surface area contributed by atoms with Crippen molar-refractivity contribution in [3.8, 4) is 11.1 Å². The Kier molecular flexibility index (Phi) is 4.12. The fraction of sp³-hybridized carbons (Fsp3) is 0.0526.